The van der Waals surface area contributed by atoms with E-state index in [2.05, 4.69) is 10.0 Å². The van der Waals surface area contributed by atoms with Crippen molar-refractivity contribution in [3.63, 3.8) is 0 Å². The van der Waals surface area contributed by atoms with Crippen molar-refractivity contribution >= 4 is 15.9 Å². The number of rotatable bonds is 7. The van der Waals surface area contributed by atoms with Gasteiger partial charge >= 0.3 is 0 Å². The first kappa shape index (κ1) is 19.3. The van der Waals surface area contributed by atoms with Crippen molar-refractivity contribution < 1.29 is 22.7 Å². The molecule has 1 amide bonds. The predicted octanol–water partition coefficient (Wildman–Crippen LogP) is 1.30. The minimum Gasteiger partial charge on any atom is -0.376 e. The van der Waals surface area contributed by atoms with Gasteiger partial charge in [0, 0.05) is 18.7 Å². The van der Waals surface area contributed by atoms with Gasteiger partial charge in [0.25, 0.3) is 5.91 Å². The molecule has 0 aromatic heterocycles. The van der Waals surface area contributed by atoms with Crippen molar-refractivity contribution in [3.8, 4) is 0 Å². The highest BCUT2D eigenvalue weighted by Gasteiger charge is 2.21. The number of carbonyl (C=O) groups is 1. The van der Waals surface area contributed by atoms with Crippen LogP contribution in [0.25, 0.3) is 0 Å². The Kier molecular flexibility index (Phi) is 6.63. The van der Waals surface area contributed by atoms with Crippen LogP contribution in [0.4, 0.5) is 0 Å². The molecule has 8 heteroatoms. The Labute approximate surface area is 154 Å². The van der Waals surface area contributed by atoms with Crippen LogP contribution in [0.5, 0.6) is 0 Å². The Balaban J connectivity index is 1.58. The molecule has 0 unspecified atom stereocenters. The number of sulfonamides is 1. The summed E-state index contributed by atoms with van der Waals surface area (Å²) in [6, 6.07) is 6.10. The molecule has 1 saturated heterocycles. The third kappa shape index (κ3) is 5.26. The van der Waals surface area contributed by atoms with Crippen molar-refractivity contribution in [3.05, 3.63) is 29.8 Å². The molecule has 0 radical (unpaired) electrons. The number of carbonyl (C=O) groups excluding carboxylic acids is 1. The summed E-state index contributed by atoms with van der Waals surface area (Å²) in [5.74, 6) is 0.0842. The van der Waals surface area contributed by atoms with Crippen LogP contribution >= 0.6 is 0 Å². The van der Waals surface area contributed by atoms with Gasteiger partial charge in [0.2, 0.25) is 10.0 Å². The number of nitrogens with one attached hydrogen (secondary N) is 2. The molecule has 1 aliphatic heterocycles. The van der Waals surface area contributed by atoms with Gasteiger partial charge in [0.1, 0.15) is 0 Å². The quantitative estimate of drug-likeness (QED) is 0.741. The average molecular weight is 382 g/mol. The summed E-state index contributed by atoms with van der Waals surface area (Å²) in [5, 5.41) is 2.76. The molecular formula is C18H26N2O5S. The fourth-order valence-corrected chi connectivity index (χ4v) is 4.45. The summed E-state index contributed by atoms with van der Waals surface area (Å²) in [6.45, 7) is 2.31. The Morgan fingerprint density at radius 3 is 2.69 bits per heavy atom. The molecule has 0 bridgehead atoms. The topological polar surface area (TPSA) is 93.7 Å². The summed E-state index contributed by atoms with van der Waals surface area (Å²) >= 11 is 0. The second kappa shape index (κ2) is 8.94. The number of hydrogen-bond donors (Lipinski definition) is 2. The van der Waals surface area contributed by atoms with Gasteiger partial charge in [0.15, 0.2) is 0 Å². The Morgan fingerprint density at radius 2 is 1.96 bits per heavy atom. The maximum atomic E-state index is 12.5. The molecule has 2 aliphatic rings. The Bertz CT molecular complexity index is 710. The summed E-state index contributed by atoms with van der Waals surface area (Å²) < 4.78 is 38.4. The maximum absolute atomic E-state index is 12.5. The average Bonchev–Trinajstić information content (AvgIpc) is 3.19. The van der Waals surface area contributed by atoms with Crippen LogP contribution in [0, 0.1) is 5.92 Å². The van der Waals surface area contributed by atoms with Crippen molar-refractivity contribution in [2.24, 2.45) is 5.92 Å². The highest BCUT2D eigenvalue weighted by atomic mass is 32.2. The van der Waals surface area contributed by atoms with Crippen molar-refractivity contribution in [1.29, 1.82) is 0 Å². The van der Waals surface area contributed by atoms with Gasteiger partial charge < -0.3 is 14.8 Å². The van der Waals surface area contributed by atoms with Gasteiger partial charge in [-0.3, -0.25) is 4.79 Å². The van der Waals surface area contributed by atoms with Gasteiger partial charge in [0.05, 0.1) is 30.8 Å². The molecule has 1 aromatic carbocycles. The second-order valence-corrected chi connectivity index (χ2v) is 8.57. The molecule has 2 N–H and O–H groups in total. The fourth-order valence-electron chi connectivity index (χ4n) is 3.29. The molecule has 1 aliphatic carbocycles. The maximum Gasteiger partial charge on any atom is 0.251 e. The van der Waals surface area contributed by atoms with E-state index in [1.54, 1.807) is 12.1 Å². The van der Waals surface area contributed by atoms with E-state index >= 15 is 0 Å². The van der Waals surface area contributed by atoms with Crippen LogP contribution in [0.15, 0.2) is 29.2 Å². The molecule has 0 spiro atoms. The van der Waals surface area contributed by atoms with Gasteiger partial charge in [-0.1, -0.05) is 18.9 Å². The molecule has 26 heavy (non-hydrogen) atoms. The normalized spacial score (nSPS) is 21.6. The summed E-state index contributed by atoms with van der Waals surface area (Å²) in [7, 11) is -3.61. The lowest BCUT2D eigenvalue weighted by atomic mass is 10.1. The molecule has 2 fully saturated rings. The molecule has 3 rings (SSSR count). The van der Waals surface area contributed by atoms with Gasteiger partial charge in [-0.15, -0.1) is 0 Å². The molecule has 1 aromatic rings. The third-order valence-electron chi connectivity index (χ3n) is 4.82. The van der Waals surface area contributed by atoms with E-state index in [1.165, 1.54) is 12.1 Å². The number of benzene rings is 1. The molecule has 144 valence electrons. The van der Waals surface area contributed by atoms with Crippen LogP contribution in [-0.4, -0.2) is 53.3 Å². The third-order valence-corrected chi connectivity index (χ3v) is 6.24. The lowest BCUT2D eigenvalue weighted by molar-refractivity contribution is -0.0855. The van der Waals surface area contributed by atoms with Crippen LogP contribution in [0.1, 0.15) is 36.0 Å². The highest BCUT2D eigenvalue weighted by molar-refractivity contribution is 7.89. The fraction of sp³-hybridized carbons (Fsp3) is 0.611. The zero-order valence-corrected chi connectivity index (χ0v) is 15.6. The summed E-state index contributed by atoms with van der Waals surface area (Å²) in [5.41, 5.74) is 0.311. The van der Waals surface area contributed by atoms with Gasteiger partial charge in [-0.05, 0) is 37.0 Å². The smallest absolute Gasteiger partial charge is 0.251 e. The van der Waals surface area contributed by atoms with Crippen molar-refractivity contribution in [2.75, 3.05) is 32.9 Å². The first-order valence-electron chi connectivity index (χ1n) is 9.12. The van der Waals surface area contributed by atoms with E-state index in [4.69, 9.17) is 9.47 Å². The molecule has 7 nitrogen and oxygen atoms in total. The van der Waals surface area contributed by atoms with Crippen LogP contribution in [-0.2, 0) is 19.5 Å². The molecule has 1 saturated carbocycles. The number of hydrogen-bond acceptors (Lipinski definition) is 5. The van der Waals surface area contributed by atoms with E-state index in [0.717, 1.165) is 25.7 Å². The van der Waals surface area contributed by atoms with E-state index < -0.39 is 10.0 Å². The second-order valence-electron chi connectivity index (χ2n) is 6.81. The minimum absolute atomic E-state index is 0.111. The van der Waals surface area contributed by atoms with Crippen LogP contribution < -0.4 is 10.0 Å². The van der Waals surface area contributed by atoms with Gasteiger partial charge in [-0.2, -0.15) is 0 Å². The summed E-state index contributed by atoms with van der Waals surface area (Å²) in [4.78, 5) is 12.4. The van der Waals surface area contributed by atoms with E-state index in [9.17, 15) is 13.2 Å². The molecular weight excluding hydrogens is 356 g/mol. The Morgan fingerprint density at radius 1 is 1.15 bits per heavy atom. The standard InChI is InChI=1S/C18H26N2O5S/c21-18(19-12-16-13-24-8-9-25-16)15-6-3-7-17(10-15)26(22,23)20-11-14-4-1-2-5-14/h3,6-7,10,14,16,20H,1-2,4-5,8-9,11-13H2,(H,19,21)/t16-/m0/s1. The highest BCUT2D eigenvalue weighted by Crippen LogP contribution is 2.24. The zero-order chi connectivity index (χ0) is 18.4. The van der Waals surface area contributed by atoms with E-state index in [1.807, 2.05) is 0 Å². The minimum atomic E-state index is -3.61. The molecule has 1 heterocycles. The van der Waals surface area contributed by atoms with Crippen LogP contribution in [0.3, 0.4) is 0 Å². The monoisotopic (exact) mass is 382 g/mol. The van der Waals surface area contributed by atoms with Crippen molar-refractivity contribution in [2.45, 2.75) is 36.7 Å². The van der Waals surface area contributed by atoms with Crippen LogP contribution in [0.2, 0.25) is 0 Å². The first-order valence-corrected chi connectivity index (χ1v) is 10.6. The SMILES string of the molecule is O=C(NC[C@H]1COCCO1)c1cccc(S(=O)(=O)NCC2CCCC2)c1. The first-order chi connectivity index (χ1) is 12.5. The van der Waals surface area contributed by atoms with E-state index in [0.29, 0.717) is 44.4 Å². The largest absolute Gasteiger partial charge is 0.376 e. The van der Waals surface area contributed by atoms with Crippen molar-refractivity contribution in [1.82, 2.24) is 10.0 Å². The van der Waals surface area contributed by atoms with Gasteiger partial charge in [-0.25, -0.2) is 13.1 Å². The van der Waals surface area contributed by atoms with E-state index in [-0.39, 0.29) is 16.9 Å². The Hall–Kier alpha value is -1.48. The lowest BCUT2D eigenvalue weighted by Gasteiger charge is -2.23. The lowest BCUT2D eigenvalue weighted by Crippen LogP contribution is -2.39. The number of amides is 1. The molecule has 1 atom stereocenters. The summed E-state index contributed by atoms with van der Waals surface area (Å²) in [6.07, 6.45) is 4.29. The number of ether oxygens (including phenoxy) is 2. The zero-order valence-electron chi connectivity index (χ0n) is 14.8. The predicted molar refractivity (Wildman–Crippen MR) is 96.5 cm³/mol.